The number of aromatic nitrogens is 1. The number of fused-ring (bicyclic) bond motifs is 1. The Morgan fingerprint density at radius 3 is 2.64 bits per heavy atom. The van der Waals surface area contributed by atoms with Gasteiger partial charge in [-0.25, -0.2) is 4.98 Å². The standard InChI is InChI=1S/C18H16N2O2S3/c21-16(20-18-19-14-3-1-2-4-15(14)25-18)11-22-13-7-5-12(6-8-13)17-23-9-10-24-17/h1-8,17H,9-11H2,(H,19,20,21). The molecule has 7 heteroatoms. The van der Waals surface area contributed by atoms with Gasteiger partial charge in [-0.15, -0.1) is 23.5 Å². The Morgan fingerprint density at radius 1 is 1.12 bits per heavy atom. The second-order valence-corrected chi connectivity index (χ2v) is 9.22. The van der Waals surface area contributed by atoms with Gasteiger partial charge < -0.3 is 4.74 Å². The number of nitrogens with zero attached hydrogens (tertiary/aromatic N) is 1. The largest absolute Gasteiger partial charge is 0.484 e. The maximum Gasteiger partial charge on any atom is 0.264 e. The molecule has 0 radical (unpaired) electrons. The molecule has 1 aliphatic rings. The first kappa shape index (κ1) is 16.8. The molecule has 25 heavy (non-hydrogen) atoms. The van der Waals surface area contributed by atoms with Crippen molar-refractivity contribution in [2.45, 2.75) is 4.58 Å². The van der Waals surface area contributed by atoms with Gasteiger partial charge in [0.05, 0.1) is 14.8 Å². The fraction of sp³-hybridized carbons (Fsp3) is 0.222. The lowest BCUT2D eigenvalue weighted by Crippen LogP contribution is -2.19. The molecular formula is C18H16N2O2S3. The molecule has 0 spiro atoms. The molecule has 0 atom stereocenters. The van der Waals surface area contributed by atoms with Gasteiger partial charge in [0.1, 0.15) is 5.75 Å². The van der Waals surface area contributed by atoms with Crippen LogP contribution in [0.5, 0.6) is 5.75 Å². The van der Waals surface area contributed by atoms with Crippen LogP contribution in [-0.2, 0) is 4.79 Å². The zero-order valence-electron chi connectivity index (χ0n) is 13.3. The first-order chi connectivity index (χ1) is 12.3. The van der Waals surface area contributed by atoms with Crippen LogP contribution in [-0.4, -0.2) is 29.0 Å². The number of carbonyl (C=O) groups is 1. The molecule has 2 heterocycles. The second-order valence-electron chi connectivity index (χ2n) is 5.47. The summed E-state index contributed by atoms with van der Waals surface area (Å²) in [5.41, 5.74) is 2.20. The van der Waals surface area contributed by atoms with Gasteiger partial charge in [-0.1, -0.05) is 35.6 Å². The Labute approximate surface area is 158 Å². The van der Waals surface area contributed by atoms with Crippen LogP contribution in [0, 0.1) is 0 Å². The van der Waals surface area contributed by atoms with Gasteiger partial charge in [0, 0.05) is 11.5 Å². The fourth-order valence-corrected chi connectivity index (χ4v) is 6.24. The van der Waals surface area contributed by atoms with Crippen molar-refractivity contribution >= 4 is 56.1 Å². The average molecular weight is 389 g/mol. The van der Waals surface area contributed by atoms with Crippen LogP contribution in [0.15, 0.2) is 48.5 Å². The number of carbonyl (C=O) groups excluding carboxylic acids is 1. The molecule has 1 aromatic heterocycles. The lowest BCUT2D eigenvalue weighted by molar-refractivity contribution is -0.118. The summed E-state index contributed by atoms with van der Waals surface area (Å²) in [4.78, 5) is 16.5. The van der Waals surface area contributed by atoms with Crippen molar-refractivity contribution in [1.29, 1.82) is 0 Å². The van der Waals surface area contributed by atoms with E-state index in [-0.39, 0.29) is 12.5 Å². The van der Waals surface area contributed by atoms with E-state index in [0.717, 1.165) is 10.2 Å². The minimum atomic E-state index is -0.204. The zero-order valence-corrected chi connectivity index (χ0v) is 15.8. The molecular weight excluding hydrogens is 372 g/mol. The Hall–Kier alpha value is -1.70. The molecule has 1 fully saturated rings. The van der Waals surface area contributed by atoms with Crippen molar-refractivity contribution in [3.63, 3.8) is 0 Å². The first-order valence-corrected chi connectivity index (χ1v) is 10.8. The average Bonchev–Trinajstić information content (AvgIpc) is 3.29. The van der Waals surface area contributed by atoms with Crippen molar-refractivity contribution in [3.05, 3.63) is 54.1 Å². The van der Waals surface area contributed by atoms with E-state index in [9.17, 15) is 4.79 Å². The lowest BCUT2D eigenvalue weighted by atomic mass is 10.2. The molecule has 1 N–H and O–H groups in total. The summed E-state index contributed by atoms with van der Waals surface area (Å²) in [6, 6.07) is 15.8. The van der Waals surface area contributed by atoms with E-state index in [2.05, 4.69) is 22.4 Å². The third-order valence-electron chi connectivity index (χ3n) is 3.68. The van der Waals surface area contributed by atoms with Gasteiger partial charge in [0.25, 0.3) is 5.91 Å². The summed E-state index contributed by atoms with van der Waals surface area (Å²) in [6.45, 7) is -0.0256. The predicted molar refractivity (Wildman–Crippen MR) is 108 cm³/mol. The van der Waals surface area contributed by atoms with E-state index in [0.29, 0.717) is 15.5 Å². The van der Waals surface area contributed by atoms with Crippen LogP contribution in [0.1, 0.15) is 10.1 Å². The topological polar surface area (TPSA) is 51.2 Å². The number of hydrogen-bond donors (Lipinski definition) is 1. The SMILES string of the molecule is O=C(COc1ccc(C2SCCS2)cc1)Nc1nc2ccccc2s1. The molecule has 2 aromatic carbocycles. The van der Waals surface area contributed by atoms with Gasteiger partial charge in [0.2, 0.25) is 0 Å². The third kappa shape index (κ3) is 4.11. The Bertz CT molecular complexity index is 840. The molecule has 4 rings (SSSR count). The van der Waals surface area contributed by atoms with Crippen molar-refractivity contribution < 1.29 is 9.53 Å². The Kier molecular flexibility index (Phi) is 5.14. The summed E-state index contributed by atoms with van der Waals surface area (Å²) in [6.07, 6.45) is 0. The normalized spacial score (nSPS) is 14.7. The first-order valence-electron chi connectivity index (χ1n) is 7.89. The quantitative estimate of drug-likeness (QED) is 0.681. The summed E-state index contributed by atoms with van der Waals surface area (Å²) < 4.78 is 7.16. The highest BCUT2D eigenvalue weighted by Gasteiger charge is 2.18. The van der Waals surface area contributed by atoms with E-state index < -0.39 is 0 Å². The maximum atomic E-state index is 12.1. The lowest BCUT2D eigenvalue weighted by Gasteiger charge is -2.10. The number of rotatable bonds is 5. The van der Waals surface area contributed by atoms with Crippen LogP contribution in [0.3, 0.4) is 0 Å². The third-order valence-corrected chi connectivity index (χ3v) is 7.74. The predicted octanol–water partition coefficient (Wildman–Crippen LogP) is 4.79. The molecule has 1 saturated heterocycles. The van der Waals surface area contributed by atoms with Crippen molar-refractivity contribution in [1.82, 2.24) is 4.98 Å². The van der Waals surface area contributed by atoms with E-state index in [1.807, 2.05) is 59.9 Å². The van der Waals surface area contributed by atoms with Gasteiger partial charge in [0.15, 0.2) is 11.7 Å². The number of benzene rings is 2. The van der Waals surface area contributed by atoms with Gasteiger partial charge in [-0.05, 0) is 29.8 Å². The molecule has 0 bridgehead atoms. The molecule has 1 amide bonds. The highest BCUT2D eigenvalue weighted by atomic mass is 32.2. The molecule has 0 saturated carbocycles. The number of nitrogens with one attached hydrogen (secondary N) is 1. The van der Waals surface area contributed by atoms with Crippen molar-refractivity contribution in [2.75, 3.05) is 23.4 Å². The highest BCUT2D eigenvalue weighted by molar-refractivity contribution is 8.19. The van der Waals surface area contributed by atoms with E-state index >= 15 is 0 Å². The number of thiazole rings is 1. The minimum absolute atomic E-state index is 0.0256. The number of ether oxygens (including phenoxy) is 1. The van der Waals surface area contributed by atoms with E-state index in [1.165, 1.54) is 28.4 Å². The number of para-hydroxylation sites is 1. The smallest absolute Gasteiger partial charge is 0.264 e. The Balaban J connectivity index is 1.32. The zero-order chi connectivity index (χ0) is 17.1. The highest BCUT2D eigenvalue weighted by Crippen LogP contribution is 2.45. The molecule has 128 valence electrons. The summed E-state index contributed by atoms with van der Waals surface area (Å²) >= 11 is 5.41. The van der Waals surface area contributed by atoms with Gasteiger partial charge in [-0.2, -0.15) is 0 Å². The van der Waals surface area contributed by atoms with Crippen LogP contribution in [0.25, 0.3) is 10.2 Å². The van der Waals surface area contributed by atoms with Crippen LogP contribution >= 0.6 is 34.9 Å². The van der Waals surface area contributed by atoms with Crippen LogP contribution < -0.4 is 10.1 Å². The van der Waals surface area contributed by atoms with Crippen molar-refractivity contribution in [3.8, 4) is 5.75 Å². The van der Waals surface area contributed by atoms with Gasteiger partial charge >= 0.3 is 0 Å². The maximum absolute atomic E-state index is 12.1. The molecule has 3 aromatic rings. The van der Waals surface area contributed by atoms with Crippen LogP contribution in [0.4, 0.5) is 5.13 Å². The van der Waals surface area contributed by atoms with Gasteiger partial charge in [-0.3, -0.25) is 10.1 Å². The molecule has 0 unspecified atom stereocenters. The molecule has 0 aliphatic carbocycles. The number of amides is 1. The number of thioether (sulfide) groups is 2. The number of hydrogen-bond acceptors (Lipinski definition) is 6. The molecule has 1 aliphatic heterocycles. The minimum Gasteiger partial charge on any atom is -0.484 e. The van der Waals surface area contributed by atoms with E-state index in [1.54, 1.807) is 0 Å². The summed E-state index contributed by atoms with van der Waals surface area (Å²) in [7, 11) is 0. The fourth-order valence-electron chi connectivity index (χ4n) is 2.50. The summed E-state index contributed by atoms with van der Waals surface area (Å²) in [5, 5.41) is 3.39. The van der Waals surface area contributed by atoms with Crippen molar-refractivity contribution in [2.24, 2.45) is 0 Å². The number of anilines is 1. The molecule has 4 nitrogen and oxygen atoms in total. The monoisotopic (exact) mass is 388 g/mol. The Morgan fingerprint density at radius 2 is 1.88 bits per heavy atom. The summed E-state index contributed by atoms with van der Waals surface area (Å²) in [5.74, 6) is 2.92. The van der Waals surface area contributed by atoms with E-state index in [4.69, 9.17) is 4.74 Å². The second kappa shape index (κ2) is 7.68. The van der Waals surface area contributed by atoms with Crippen LogP contribution in [0.2, 0.25) is 0 Å².